The molecule has 1 heterocycles. The number of carbonyl (C=O) groups excluding carboxylic acids is 1. The molecule has 1 unspecified atom stereocenters. The van der Waals surface area contributed by atoms with Gasteiger partial charge >= 0.3 is 0 Å². The second kappa shape index (κ2) is 13.9. The van der Waals surface area contributed by atoms with Crippen LogP contribution in [0, 0.1) is 0 Å². The lowest BCUT2D eigenvalue weighted by molar-refractivity contribution is -0.130. The molecular weight excluding hydrogens is 403 g/mol. The zero-order valence-corrected chi connectivity index (χ0v) is 17.4. The van der Waals surface area contributed by atoms with Gasteiger partial charge in [-0.1, -0.05) is 26.2 Å². The minimum absolute atomic E-state index is 0. The zero-order chi connectivity index (χ0) is 16.2. The number of nitrogens with zero attached hydrogens (tertiary/aromatic N) is 2. The van der Waals surface area contributed by atoms with Gasteiger partial charge in [-0.05, 0) is 39.5 Å². The number of likely N-dealkylation sites (tertiary alicyclic amines) is 1. The van der Waals surface area contributed by atoms with E-state index in [0.717, 1.165) is 44.9 Å². The van der Waals surface area contributed by atoms with Gasteiger partial charge in [0.15, 0.2) is 5.96 Å². The molecule has 1 rings (SSSR count). The number of hydrogen-bond donors (Lipinski definition) is 2. The van der Waals surface area contributed by atoms with Crippen molar-refractivity contribution in [1.29, 1.82) is 0 Å². The molecule has 0 bridgehead atoms. The molecule has 0 aromatic heterocycles. The molecule has 0 aromatic carbocycles. The van der Waals surface area contributed by atoms with Crippen LogP contribution in [0.15, 0.2) is 4.99 Å². The molecule has 1 aliphatic rings. The van der Waals surface area contributed by atoms with E-state index in [9.17, 15) is 4.79 Å². The molecule has 0 radical (unpaired) electrons. The van der Waals surface area contributed by atoms with Crippen LogP contribution in [0.4, 0.5) is 0 Å². The number of piperidine rings is 1. The topological polar surface area (TPSA) is 56.7 Å². The van der Waals surface area contributed by atoms with Crippen LogP contribution in [0.25, 0.3) is 0 Å². The lowest BCUT2D eigenvalue weighted by Gasteiger charge is -2.26. The average Bonchev–Trinajstić information content (AvgIpc) is 2.53. The summed E-state index contributed by atoms with van der Waals surface area (Å²) in [6.45, 7) is 9.29. The maximum Gasteiger partial charge on any atom is 0.244 e. The fraction of sp³-hybridized carbons (Fsp3) is 0.882. The number of amides is 1. The molecule has 6 heteroatoms. The summed E-state index contributed by atoms with van der Waals surface area (Å²) in [5, 5.41) is 6.63. The van der Waals surface area contributed by atoms with Crippen LogP contribution in [-0.4, -0.2) is 49.0 Å². The quantitative estimate of drug-likeness (QED) is 0.265. The van der Waals surface area contributed by atoms with Gasteiger partial charge in [-0.15, -0.1) is 24.0 Å². The number of hydrogen-bond acceptors (Lipinski definition) is 2. The van der Waals surface area contributed by atoms with Crippen LogP contribution in [0.3, 0.4) is 0 Å². The predicted molar refractivity (Wildman–Crippen MR) is 109 cm³/mol. The second-order valence-corrected chi connectivity index (χ2v) is 6.18. The Morgan fingerprint density at radius 2 is 1.87 bits per heavy atom. The van der Waals surface area contributed by atoms with Gasteiger partial charge in [-0.3, -0.25) is 4.79 Å². The van der Waals surface area contributed by atoms with Gasteiger partial charge in [0.1, 0.15) is 6.54 Å². The first-order valence-electron chi connectivity index (χ1n) is 9.00. The van der Waals surface area contributed by atoms with E-state index < -0.39 is 0 Å². The highest BCUT2D eigenvalue weighted by Gasteiger charge is 2.16. The largest absolute Gasteiger partial charge is 0.357 e. The third-order valence-corrected chi connectivity index (χ3v) is 4.05. The highest BCUT2D eigenvalue weighted by atomic mass is 127. The average molecular weight is 438 g/mol. The molecule has 1 atom stereocenters. The Balaban J connectivity index is 0.00000484. The van der Waals surface area contributed by atoms with Gasteiger partial charge in [-0.25, -0.2) is 4.99 Å². The Bertz CT molecular complexity index is 343. The third-order valence-electron chi connectivity index (χ3n) is 4.05. The number of rotatable bonds is 8. The number of nitrogens with one attached hydrogen (secondary N) is 2. The molecule has 0 aliphatic carbocycles. The minimum Gasteiger partial charge on any atom is -0.357 e. The third kappa shape index (κ3) is 10.0. The molecule has 0 aromatic rings. The van der Waals surface area contributed by atoms with Gasteiger partial charge < -0.3 is 15.5 Å². The monoisotopic (exact) mass is 438 g/mol. The van der Waals surface area contributed by atoms with E-state index in [1.807, 2.05) is 11.8 Å². The maximum atomic E-state index is 12.2. The maximum absolute atomic E-state index is 12.2. The molecule has 5 nitrogen and oxygen atoms in total. The summed E-state index contributed by atoms with van der Waals surface area (Å²) in [5.41, 5.74) is 0. The van der Waals surface area contributed by atoms with Crippen molar-refractivity contribution < 1.29 is 4.79 Å². The number of aliphatic imine (C=N–C) groups is 1. The SMILES string of the molecule is CCCCCC(C)NC(=NCC(=O)N1CCCCC1)NCC.I. The van der Waals surface area contributed by atoms with Crippen LogP contribution < -0.4 is 10.6 Å². The van der Waals surface area contributed by atoms with Gasteiger partial charge in [0.2, 0.25) is 5.91 Å². The number of halogens is 1. The fourth-order valence-electron chi connectivity index (χ4n) is 2.72. The van der Waals surface area contributed by atoms with E-state index in [1.54, 1.807) is 0 Å². The lowest BCUT2D eigenvalue weighted by Crippen LogP contribution is -2.43. The molecule has 0 saturated carbocycles. The summed E-state index contributed by atoms with van der Waals surface area (Å²) in [5.74, 6) is 0.910. The van der Waals surface area contributed by atoms with Crippen molar-refractivity contribution in [3.8, 4) is 0 Å². The van der Waals surface area contributed by atoms with Gasteiger partial charge in [-0.2, -0.15) is 0 Å². The van der Waals surface area contributed by atoms with Crippen LogP contribution in [0.1, 0.15) is 65.7 Å². The van der Waals surface area contributed by atoms with E-state index in [2.05, 4.69) is 29.5 Å². The van der Waals surface area contributed by atoms with Crippen molar-refractivity contribution in [2.24, 2.45) is 4.99 Å². The molecule has 136 valence electrons. The lowest BCUT2D eigenvalue weighted by atomic mass is 10.1. The molecule has 1 fully saturated rings. The van der Waals surface area contributed by atoms with Crippen molar-refractivity contribution in [3.63, 3.8) is 0 Å². The van der Waals surface area contributed by atoms with Crippen LogP contribution in [0.2, 0.25) is 0 Å². The highest BCUT2D eigenvalue weighted by molar-refractivity contribution is 14.0. The van der Waals surface area contributed by atoms with E-state index in [0.29, 0.717) is 6.04 Å². The van der Waals surface area contributed by atoms with Crippen molar-refractivity contribution in [1.82, 2.24) is 15.5 Å². The van der Waals surface area contributed by atoms with Crippen LogP contribution in [-0.2, 0) is 4.79 Å². The van der Waals surface area contributed by atoms with Crippen molar-refractivity contribution in [2.75, 3.05) is 26.2 Å². The van der Waals surface area contributed by atoms with E-state index >= 15 is 0 Å². The first-order valence-corrected chi connectivity index (χ1v) is 9.00. The van der Waals surface area contributed by atoms with E-state index in [4.69, 9.17) is 0 Å². The van der Waals surface area contributed by atoms with E-state index in [1.165, 1.54) is 25.7 Å². The molecule has 0 spiro atoms. The number of unbranched alkanes of at least 4 members (excludes halogenated alkanes) is 2. The molecular formula is C17H35IN4O. The van der Waals surface area contributed by atoms with Crippen LogP contribution in [0.5, 0.6) is 0 Å². The Morgan fingerprint density at radius 1 is 1.17 bits per heavy atom. The fourth-order valence-corrected chi connectivity index (χ4v) is 2.72. The smallest absolute Gasteiger partial charge is 0.244 e. The number of carbonyl (C=O) groups is 1. The Hall–Kier alpha value is -0.530. The minimum atomic E-state index is 0. The second-order valence-electron chi connectivity index (χ2n) is 6.18. The Morgan fingerprint density at radius 3 is 2.48 bits per heavy atom. The molecule has 1 aliphatic heterocycles. The standard InChI is InChI=1S/C17H34N4O.HI/c1-4-6-8-11-15(3)20-17(18-5-2)19-14-16(22)21-12-9-7-10-13-21;/h15H,4-14H2,1-3H3,(H2,18,19,20);1H. The molecule has 2 N–H and O–H groups in total. The van der Waals surface area contributed by atoms with Crippen LogP contribution >= 0.6 is 24.0 Å². The summed E-state index contributed by atoms with van der Waals surface area (Å²) >= 11 is 0. The summed E-state index contributed by atoms with van der Waals surface area (Å²) in [6, 6.07) is 0.384. The van der Waals surface area contributed by atoms with Gasteiger partial charge in [0.25, 0.3) is 0 Å². The predicted octanol–water partition coefficient (Wildman–Crippen LogP) is 3.14. The van der Waals surface area contributed by atoms with Crippen molar-refractivity contribution in [3.05, 3.63) is 0 Å². The molecule has 1 amide bonds. The summed E-state index contributed by atoms with van der Waals surface area (Å²) < 4.78 is 0. The van der Waals surface area contributed by atoms with Crippen molar-refractivity contribution in [2.45, 2.75) is 71.8 Å². The highest BCUT2D eigenvalue weighted by Crippen LogP contribution is 2.08. The van der Waals surface area contributed by atoms with Gasteiger partial charge in [0.05, 0.1) is 0 Å². The first-order chi connectivity index (χ1) is 10.7. The molecule has 23 heavy (non-hydrogen) atoms. The summed E-state index contributed by atoms with van der Waals surface area (Å²) in [6.07, 6.45) is 8.38. The number of guanidine groups is 1. The van der Waals surface area contributed by atoms with E-state index in [-0.39, 0.29) is 36.4 Å². The Kier molecular flexibility index (Phi) is 13.5. The normalized spacial score (nSPS) is 16.5. The zero-order valence-electron chi connectivity index (χ0n) is 15.1. The van der Waals surface area contributed by atoms with Crippen molar-refractivity contribution >= 4 is 35.8 Å². The first kappa shape index (κ1) is 22.5. The Labute approximate surface area is 159 Å². The summed E-state index contributed by atoms with van der Waals surface area (Å²) in [7, 11) is 0. The molecule has 1 saturated heterocycles. The van der Waals surface area contributed by atoms with Gasteiger partial charge in [0, 0.05) is 25.7 Å². The summed E-state index contributed by atoms with van der Waals surface area (Å²) in [4.78, 5) is 18.6.